The van der Waals surface area contributed by atoms with Crippen LogP contribution in [0.5, 0.6) is 5.75 Å². The predicted octanol–water partition coefficient (Wildman–Crippen LogP) is 3.96. The first-order valence-corrected chi connectivity index (χ1v) is 9.97. The van der Waals surface area contributed by atoms with Crippen LogP contribution in [0, 0.1) is 22.7 Å². The Balaban J connectivity index is 1.64. The van der Waals surface area contributed by atoms with Crippen molar-refractivity contribution in [3.05, 3.63) is 71.7 Å². The van der Waals surface area contributed by atoms with Gasteiger partial charge in [-0.25, -0.2) is 4.98 Å². The van der Waals surface area contributed by atoms with Gasteiger partial charge in [0.15, 0.2) is 0 Å². The Morgan fingerprint density at radius 3 is 2.55 bits per heavy atom. The molecule has 0 atom stereocenters. The second-order valence-electron chi connectivity index (χ2n) is 6.40. The van der Waals surface area contributed by atoms with Gasteiger partial charge < -0.3 is 9.47 Å². The van der Waals surface area contributed by atoms with Gasteiger partial charge in [0.05, 0.1) is 24.3 Å². The Morgan fingerprint density at radius 2 is 1.93 bits per heavy atom. The van der Waals surface area contributed by atoms with Gasteiger partial charge in [-0.3, -0.25) is 4.98 Å². The Hall–Kier alpha value is -3.39. The summed E-state index contributed by atoms with van der Waals surface area (Å²) in [7, 11) is 0. The fourth-order valence-electron chi connectivity index (χ4n) is 2.90. The SMILES string of the molecule is N#Cc1cnc(SCc2cccnc2)c(C#N)c1-c1ccc(OC2COC2)cc1. The highest BCUT2D eigenvalue weighted by Crippen LogP contribution is 2.34. The normalized spacial score (nSPS) is 13.2. The zero-order chi connectivity index (χ0) is 20.1. The van der Waals surface area contributed by atoms with Gasteiger partial charge in [-0.2, -0.15) is 10.5 Å². The Bertz CT molecular complexity index is 1080. The van der Waals surface area contributed by atoms with E-state index in [1.807, 2.05) is 36.4 Å². The average molecular weight is 400 g/mol. The molecule has 1 fully saturated rings. The van der Waals surface area contributed by atoms with Gasteiger partial charge in [0, 0.05) is 29.9 Å². The van der Waals surface area contributed by atoms with Crippen molar-refractivity contribution in [3.63, 3.8) is 0 Å². The number of thioether (sulfide) groups is 1. The van der Waals surface area contributed by atoms with Gasteiger partial charge in [-0.05, 0) is 29.3 Å². The van der Waals surface area contributed by atoms with E-state index < -0.39 is 0 Å². The van der Waals surface area contributed by atoms with Crippen LogP contribution in [0.25, 0.3) is 11.1 Å². The highest BCUT2D eigenvalue weighted by molar-refractivity contribution is 7.98. The van der Waals surface area contributed by atoms with Crippen molar-refractivity contribution >= 4 is 11.8 Å². The summed E-state index contributed by atoms with van der Waals surface area (Å²) >= 11 is 1.45. The molecule has 0 bridgehead atoms. The van der Waals surface area contributed by atoms with Crippen LogP contribution >= 0.6 is 11.8 Å². The largest absolute Gasteiger partial charge is 0.486 e. The molecule has 4 rings (SSSR count). The monoisotopic (exact) mass is 400 g/mol. The molecule has 0 spiro atoms. The Morgan fingerprint density at radius 1 is 1.10 bits per heavy atom. The van der Waals surface area contributed by atoms with Crippen molar-refractivity contribution in [3.8, 4) is 29.0 Å². The maximum absolute atomic E-state index is 9.83. The maximum Gasteiger partial charge on any atom is 0.145 e. The Kier molecular flexibility index (Phi) is 5.71. The molecule has 1 aromatic carbocycles. The molecule has 1 saturated heterocycles. The third-order valence-electron chi connectivity index (χ3n) is 4.43. The molecule has 1 aliphatic rings. The zero-order valence-corrected chi connectivity index (χ0v) is 16.2. The number of hydrogen-bond acceptors (Lipinski definition) is 7. The predicted molar refractivity (Wildman–Crippen MR) is 108 cm³/mol. The fourth-order valence-corrected chi connectivity index (χ4v) is 3.80. The molecule has 2 aromatic heterocycles. The minimum atomic E-state index is 0.0848. The molecule has 1 aliphatic heterocycles. The fraction of sp³-hybridized carbons (Fsp3) is 0.182. The van der Waals surface area contributed by atoms with Gasteiger partial charge in [0.25, 0.3) is 0 Å². The van der Waals surface area contributed by atoms with E-state index in [9.17, 15) is 10.5 Å². The van der Waals surface area contributed by atoms with E-state index in [0.29, 0.717) is 40.7 Å². The molecule has 7 heteroatoms. The molecule has 0 N–H and O–H groups in total. The molecule has 6 nitrogen and oxygen atoms in total. The van der Waals surface area contributed by atoms with E-state index in [-0.39, 0.29) is 6.10 Å². The lowest BCUT2D eigenvalue weighted by Gasteiger charge is -2.26. The molecule has 0 amide bonds. The first-order valence-electron chi connectivity index (χ1n) is 8.98. The van der Waals surface area contributed by atoms with Crippen molar-refractivity contribution in [2.24, 2.45) is 0 Å². The number of benzene rings is 1. The molecule has 142 valence electrons. The molecular formula is C22H16N4O2S. The number of ether oxygens (including phenoxy) is 2. The van der Waals surface area contributed by atoms with Crippen LogP contribution in [0.2, 0.25) is 0 Å². The van der Waals surface area contributed by atoms with Crippen LogP contribution in [-0.2, 0) is 10.5 Å². The topological polar surface area (TPSA) is 91.8 Å². The first-order chi connectivity index (χ1) is 14.3. The van der Waals surface area contributed by atoms with Crippen LogP contribution in [0.3, 0.4) is 0 Å². The van der Waals surface area contributed by atoms with E-state index in [4.69, 9.17) is 9.47 Å². The van der Waals surface area contributed by atoms with E-state index in [1.165, 1.54) is 18.0 Å². The summed E-state index contributed by atoms with van der Waals surface area (Å²) in [5.41, 5.74) is 3.18. The van der Waals surface area contributed by atoms with Crippen LogP contribution in [0.4, 0.5) is 0 Å². The third kappa shape index (κ3) is 4.22. The summed E-state index contributed by atoms with van der Waals surface area (Å²) in [4.78, 5) is 8.47. The zero-order valence-electron chi connectivity index (χ0n) is 15.4. The molecule has 0 aliphatic carbocycles. The summed E-state index contributed by atoms with van der Waals surface area (Å²) in [6.45, 7) is 1.20. The molecule has 29 heavy (non-hydrogen) atoms. The van der Waals surface area contributed by atoms with Gasteiger partial charge in [0.1, 0.15) is 29.0 Å². The van der Waals surface area contributed by atoms with Crippen molar-refractivity contribution in [1.82, 2.24) is 9.97 Å². The Labute approximate surface area is 172 Å². The summed E-state index contributed by atoms with van der Waals surface area (Å²) in [6, 6.07) is 15.7. The minimum Gasteiger partial charge on any atom is -0.486 e. The summed E-state index contributed by atoms with van der Waals surface area (Å²) in [6.07, 6.45) is 5.12. The standard InChI is InChI=1S/C22H16N4O2S/c23-8-17-11-26-22(29-14-15-2-1-7-25-10-15)20(9-24)21(17)16-3-5-18(6-4-16)28-19-12-27-13-19/h1-7,10-11,19H,12-14H2. The van der Waals surface area contributed by atoms with Gasteiger partial charge in [-0.15, -0.1) is 11.8 Å². The second kappa shape index (κ2) is 8.74. The molecule has 0 unspecified atom stereocenters. The summed E-state index contributed by atoms with van der Waals surface area (Å²) in [5, 5.41) is 20.0. The van der Waals surface area contributed by atoms with Crippen LogP contribution in [0.1, 0.15) is 16.7 Å². The van der Waals surface area contributed by atoms with E-state index in [0.717, 1.165) is 16.9 Å². The second-order valence-corrected chi connectivity index (χ2v) is 7.37. The van der Waals surface area contributed by atoms with E-state index >= 15 is 0 Å². The number of aromatic nitrogens is 2. The average Bonchev–Trinajstić information content (AvgIpc) is 2.75. The minimum absolute atomic E-state index is 0.0848. The van der Waals surface area contributed by atoms with Crippen LogP contribution in [-0.4, -0.2) is 29.3 Å². The highest BCUT2D eigenvalue weighted by Gasteiger charge is 2.21. The van der Waals surface area contributed by atoms with Crippen LogP contribution in [0.15, 0.2) is 60.0 Å². The van der Waals surface area contributed by atoms with E-state index in [2.05, 4.69) is 22.1 Å². The summed E-state index contributed by atoms with van der Waals surface area (Å²) in [5.74, 6) is 1.37. The van der Waals surface area contributed by atoms with Crippen molar-refractivity contribution in [2.45, 2.75) is 16.9 Å². The number of pyridine rings is 2. The van der Waals surface area contributed by atoms with Crippen molar-refractivity contribution < 1.29 is 9.47 Å². The highest BCUT2D eigenvalue weighted by atomic mass is 32.2. The van der Waals surface area contributed by atoms with E-state index in [1.54, 1.807) is 12.4 Å². The maximum atomic E-state index is 9.83. The lowest BCUT2D eigenvalue weighted by molar-refractivity contribution is -0.0796. The molecule has 3 heterocycles. The van der Waals surface area contributed by atoms with Crippen LogP contribution < -0.4 is 4.74 Å². The molecule has 0 saturated carbocycles. The molecular weight excluding hydrogens is 384 g/mol. The lowest BCUT2D eigenvalue weighted by atomic mass is 9.97. The quantitative estimate of drug-likeness (QED) is 0.578. The number of nitriles is 2. The third-order valence-corrected chi connectivity index (χ3v) is 5.49. The molecule has 0 radical (unpaired) electrons. The van der Waals surface area contributed by atoms with Gasteiger partial charge in [0.2, 0.25) is 0 Å². The van der Waals surface area contributed by atoms with Crippen molar-refractivity contribution in [1.29, 1.82) is 10.5 Å². The smallest absolute Gasteiger partial charge is 0.145 e. The van der Waals surface area contributed by atoms with Gasteiger partial charge in [-0.1, -0.05) is 18.2 Å². The summed E-state index contributed by atoms with van der Waals surface area (Å²) < 4.78 is 10.9. The molecule has 3 aromatic rings. The first kappa shape index (κ1) is 18.9. The number of nitrogens with zero attached hydrogens (tertiary/aromatic N) is 4. The number of hydrogen-bond donors (Lipinski definition) is 0. The number of rotatable bonds is 6. The van der Waals surface area contributed by atoms with Crippen molar-refractivity contribution in [2.75, 3.05) is 13.2 Å². The lowest BCUT2D eigenvalue weighted by Crippen LogP contribution is -2.38. The van der Waals surface area contributed by atoms with Gasteiger partial charge >= 0.3 is 0 Å².